The van der Waals surface area contributed by atoms with Crippen LogP contribution in [0.25, 0.3) is 21.0 Å². The van der Waals surface area contributed by atoms with Crippen LogP contribution in [0.5, 0.6) is 0 Å². The first kappa shape index (κ1) is 25.7. The van der Waals surface area contributed by atoms with Crippen molar-refractivity contribution >= 4 is 66.0 Å². The van der Waals surface area contributed by atoms with E-state index < -0.39 is 21.7 Å². The number of fused-ring (bicyclic) bond motifs is 2. The number of aromatic nitrogens is 2. The van der Waals surface area contributed by atoms with Gasteiger partial charge in [-0.3, -0.25) is 9.78 Å². The second kappa shape index (κ2) is 9.39. The van der Waals surface area contributed by atoms with Gasteiger partial charge in [-0.05, 0) is 56.5 Å². The van der Waals surface area contributed by atoms with Gasteiger partial charge in [-0.15, -0.1) is 11.3 Å². The number of hydrogen-bond donors (Lipinski definition) is 0. The molecule has 3 aromatic heterocycles. The van der Waals surface area contributed by atoms with Crippen LogP contribution in [0.1, 0.15) is 26.5 Å². The lowest BCUT2D eigenvalue weighted by molar-refractivity contribution is -0.134. The number of rotatable bonds is 4. The Bertz CT molecular complexity index is 1640. The van der Waals surface area contributed by atoms with Gasteiger partial charge in [0.1, 0.15) is 9.81 Å². The fourth-order valence-electron chi connectivity index (χ4n) is 4.24. The molecule has 0 spiro atoms. The first-order valence-corrected chi connectivity index (χ1v) is 14.2. The van der Waals surface area contributed by atoms with Gasteiger partial charge in [-0.1, -0.05) is 17.7 Å². The summed E-state index contributed by atoms with van der Waals surface area (Å²) in [6, 6.07) is 10.3. The molecule has 1 aliphatic heterocycles. The predicted molar refractivity (Wildman–Crippen MR) is 142 cm³/mol. The summed E-state index contributed by atoms with van der Waals surface area (Å²) in [6.07, 6.45) is 2.68. The Hall–Kier alpha value is -2.99. The maximum atomic E-state index is 13.3. The summed E-state index contributed by atoms with van der Waals surface area (Å²) in [4.78, 5) is 31.8. The summed E-state index contributed by atoms with van der Waals surface area (Å²) in [6.45, 7) is 5.51. The summed E-state index contributed by atoms with van der Waals surface area (Å²) < 4.78 is 35.8. The van der Waals surface area contributed by atoms with E-state index in [4.69, 9.17) is 16.3 Å². The van der Waals surface area contributed by atoms with E-state index in [1.54, 1.807) is 74.5 Å². The van der Waals surface area contributed by atoms with Crippen molar-refractivity contribution < 1.29 is 22.7 Å². The van der Waals surface area contributed by atoms with E-state index in [0.717, 1.165) is 26.8 Å². The highest BCUT2D eigenvalue weighted by Gasteiger charge is 2.35. The minimum atomic E-state index is -3.85. The van der Waals surface area contributed by atoms with Crippen LogP contribution in [0, 0.1) is 0 Å². The number of carbonyl (C=O) groups is 2. The molecule has 1 saturated heterocycles. The Balaban J connectivity index is 1.37. The first-order chi connectivity index (χ1) is 17.4. The minimum Gasteiger partial charge on any atom is -0.443 e. The molecule has 9 nitrogen and oxygen atoms in total. The summed E-state index contributed by atoms with van der Waals surface area (Å²) in [5.74, 6) is -0.349. The van der Waals surface area contributed by atoms with Crippen LogP contribution < -0.4 is 0 Å². The molecule has 0 unspecified atom stereocenters. The smallest absolute Gasteiger partial charge is 0.419 e. The van der Waals surface area contributed by atoms with E-state index >= 15 is 0 Å². The SMILES string of the molecule is CC(C)(C)OC(=O)n1c(CN2CCN(S(=O)(=O)c3cc4ccc(Cl)cc4s3)CC2=O)cc2cnccc21. The van der Waals surface area contributed by atoms with Gasteiger partial charge in [0.2, 0.25) is 5.91 Å². The van der Waals surface area contributed by atoms with Gasteiger partial charge < -0.3 is 9.64 Å². The number of piperazine rings is 1. The number of pyridine rings is 1. The van der Waals surface area contributed by atoms with Crippen molar-refractivity contribution in [2.24, 2.45) is 0 Å². The number of nitrogens with zero attached hydrogens (tertiary/aromatic N) is 4. The second-order valence-electron chi connectivity index (χ2n) is 9.79. The van der Waals surface area contributed by atoms with Gasteiger partial charge in [0.05, 0.1) is 18.6 Å². The number of sulfonamides is 1. The molecule has 4 aromatic rings. The fraction of sp³-hybridized carbons (Fsp3) is 0.320. The van der Waals surface area contributed by atoms with E-state index in [2.05, 4.69) is 4.98 Å². The normalized spacial score (nSPS) is 15.6. The highest BCUT2D eigenvalue weighted by Crippen LogP contribution is 2.33. The van der Waals surface area contributed by atoms with Crippen molar-refractivity contribution in [2.75, 3.05) is 19.6 Å². The average Bonchev–Trinajstić information content (AvgIpc) is 3.40. The Morgan fingerprint density at radius 3 is 2.65 bits per heavy atom. The predicted octanol–water partition coefficient (Wildman–Crippen LogP) is 4.72. The van der Waals surface area contributed by atoms with Crippen LogP contribution in [-0.2, 0) is 26.1 Å². The molecule has 0 N–H and O–H groups in total. The molecule has 1 aliphatic rings. The van der Waals surface area contributed by atoms with Gasteiger partial charge in [0, 0.05) is 46.3 Å². The zero-order chi connectivity index (χ0) is 26.5. The van der Waals surface area contributed by atoms with Gasteiger partial charge in [0.25, 0.3) is 10.0 Å². The summed E-state index contributed by atoms with van der Waals surface area (Å²) >= 11 is 7.17. The topological polar surface area (TPSA) is 102 Å². The van der Waals surface area contributed by atoms with Crippen molar-refractivity contribution in [1.29, 1.82) is 0 Å². The van der Waals surface area contributed by atoms with E-state index in [1.807, 2.05) is 0 Å². The van der Waals surface area contributed by atoms with Crippen LogP contribution in [-0.4, -0.2) is 64.4 Å². The number of halogens is 1. The molecule has 0 atom stereocenters. The van der Waals surface area contributed by atoms with Crippen LogP contribution >= 0.6 is 22.9 Å². The lowest BCUT2D eigenvalue weighted by Gasteiger charge is -2.33. The van der Waals surface area contributed by atoms with Gasteiger partial charge in [0.15, 0.2) is 0 Å². The van der Waals surface area contributed by atoms with Crippen molar-refractivity contribution in [3.63, 3.8) is 0 Å². The Morgan fingerprint density at radius 1 is 1.14 bits per heavy atom. The number of thiophene rings is 1. The van der Waals surface area contributed by atoms with Gasteiger partial charge in [-0.25, -0.2) is 17.8 Å². The number of hydrogen-bond acceptors (Lipinski definition) is 7. The first-order valence-electron chi connectivity index (χ1n) is 11.6. The molecule has 0 aliphatic carbocycles. The van der Waals surface area contributed by atoms with Crippen molar-refractivity contribution in [1.82, 2.24) is 18.8 Å². The third-order valence-electron chi connectivity index (χ3n) is 5.94. The van der Waals surface area contributed by atoms with Crippen LogP contribution in [0.4, 0.5) is 4.79 Å². The molecule has 12 heteroatoms. The van der Waals surface area contributed by atoms with Crippen LogP contribution in [0.15, 0.2) is 53.0 Å². The van der Waals surface area contributed by atoms with E-state index in [0.29, 0.717) is 16.2 Å². The maximum Gasteiger partial charge on any atom is 0.419 e. The lowest BCUT2D eigenvalue weighted by Crippen LogP contribution is -2.51. The molecule has 5 rings (SSSR count). The van der Waals surface area contributed by atoms with E-state index in [1.165, 1.54) is 8.87 Å². The standard InChI is InChI=1S/C25H25ClN4O5S2/c1-25(2,3)35-24(32)30-19(10-17-13-27-7-6-20(17)30)14-28-8-9-29(15-22(28)31)37(33,34)23-11-16-4-5-18(26)12-21(16)36-23/h4-7,10-13H,8-9,14-15H2,1-3H3. The zero-order valence-corrected chi connectivity index (χ0v) is 22.9. The molecule has 194 valence electrons. The molecule has 4 heterocycles. The molecule has 1 amide bonds. The number of ether oxygens (including phenoxy) is 1. The number of carbonyl (C=O) groups excluding carboxylic acids is 2. The molecule has 37 heavy (non-hydrogen) atoms. The zero-order valence-electron chi connectivity index (χ0n) is 20.5. The molecular weight excluding hydrogens is 536 g/mol. The number of benzene rings is 1. The third kappa shape index (κ3) is 5.08. The average molecular weight is 561 g/mol. The third-order valence-corrected chi connectivity index (χ3v) is 9.57. The summed E-state index contributed by atoms with van der Waals surface area (Å²) in [5, 5.41) is 2.05. The Kier molecular flexibility index (Phi) is 6.51. The maximum absolute atomic E-state index is 13.3. The minimum absolute atomic E-state index is 0.127. The summed E-state index contributed by atoms with van der Waals surface area (Å²) in [5.41, 5.74) is 0.479. The molecule has 0 saturated carbocycles. The highest BCUT2D eigenvalue weighted by molar-refractivity contribution is 7.91. The molecule has 1 fully saturated rings. The second-order valence-corrected chi connectivity index (χ2v) is 13.5. The molecule has 1 aromatic carbocycles. The molecule has 0 radical (unpaired) electrons. The Morgan fingerprint density at radius 2 is 1.92 bits per heavy atom. The number of amides is 1. The van der Waals surface area contributed by atoms with Crippen molar-refractivity contribution in [2.45, 2.75) is 37.1 Å². The van der Waals surface area contributed by atoms with Crippen molar-refractivity contribution in [3.05, 3.63) is 59.5 Å². The van der Waals surface area contributed by atoms with Gasteiger partial charge in [-0.2, -0.15) is 4.31 Å². The molecule has 0 bridgehead atoms. The van der Waals surface area contributed by atoms with E-state index in [9.17, 15) is 18.0 Å². The van der Waals surface area contributed by atoms with Crippen LogP contribution in [0.3, 0.4) is 0 Å². The van der Waals surface area contributed by atoms with E-state index in [-0.39, 0.29) is 36.3 Å². The highest BCUT2D eigenvalue weighted by atomic mass is 35.5. The molecular formula is C25H25ClN4O5S2. The Labute approximate surface area is 223 Å². The lowest BCUT2D eigenvalue weighted by atomic mass is 10.2. The summed E-state index contributed by atoms with van der Waals surface area (Å²) in [7, 11) is -3.85. The van der Waals surface area contributed by atoms with Crippen molar-refractivity contribution in [3.8, 4) is 0 Å². The quantitative estimate of drug-likeness (QED) is 0.358. The fourth-order valence-corrected chi connectivity index (χ4v) is 7.45. The van der Waals surface area contributed by atoms with Crippen LogP contribution in [0.2, 0.25) is 5.02 Å². The monoisotopic (exact) mass is 560 g/mol. The largest absolute Gasteiger partial charge is 0.443 e. The van der Waals surface area contributed by atoms with Gasteiger partial charge >= 0.3 is 6.09 Å².